The van der Waals surface area contributed by atoms with Crippen LogP contribution in [-0.4, -0.2) is 22.3 Å². The van der Waals surface area contributed by atoms with Crippen molar-refractivity contribution in [2.45, 2.75) is 6.54 Å². The highest BCUT2D eigenvalue weighted by atomic mass is 35.5. The molecule has 1 heterocycles. The van der Waals surface area contributed by atoms with Gasteiger partial charge in [-0.2, -0.15) is 5.10 Å². The van der Waals surface area contributed by atoms with E-state index >= 15 is 0 Å². The van der Waals surface area contributed by atoms with Crippen LogP contribution in [0.4, 0.5) is 10.1 Å². The minimum atomic E-state index is -0.446. The minimum Gasteiger partial charge on any atom is -0.492 e. The second-order valence-corrected chi connectivity index (χ2v) is 6.12. The SMILES string of the molecule is O=C(C=Cc1cnn(CCOc2cc(F)cc(Cl)c2)c1)Nc1ccccc1. The van der Waals surface area contributed by atoms with Gasteiger partial charge >= 0.3 is 0 Å². The van der Waals surface area contributed by atoms with Crippen molar-refractivity contribution in [3.63, 3.8) is 0 Å². The molecule has 3 rings (SSSR count). The molecule has 0 radical (unpaired) electrons. The predicted molar refractivity (Wildman–Crippen MR) is 103 cm³/mol. The summed E-state index contributed by atoms with van der Waals surface area (Å²) in [5, 5.41) is 7.25. The highest BCUT2D eigenvalue weighted by molar-refractivity contribution is 6.30. The molecule has 1 aromatic heterocycles. The van der Waals surface area contributed by atoms with Crippen molar-refractivity contribution in [3.05, 3.63) is 83.4 Å². The van der Waals surface area contributed by atoms with E-state index < -0.39 is 5.82 Å². The normalized spacial score (nSPS) is 10.9. The number of carbonyl (C=O) groups excluding carboxylic acids is 1. The summed E-state index contributed by atoms with van der Waals surface area (Å²) < 4.78 is 20.4. The van der Waals surface area contributed by atoms with Gasteiger partial charge in [0.1, 0.15) is 18.2 Å². The zero-order valence-electron chi connectivity index (χ0n) is 14.3. The molecule has 5 nitrogen and oxygen atoms in total. The summed E-state index contributed by atoms with van der Waals surface area (Å²) in [6.07, 6.45) is 6.55. The number of halogens is 2. The Kier molecular flexibility index (Phi) is 6.22. The molecule has 0 fully saturated rings. The summed E-state index contributed by atoms with van der Waals surface area (Å²) in [5.41, 5.74) is 1.52. The molecule has 3 aromatic rings. The monoisotopic (exact) mass is 385 g/mol. The average Bonchev–Trinajstić information content (AvgIpc) is 3.08. The molecule has 0 aliphatic heterocycles. The number of aromatic nitrogens is 2. The first-order chi connectivity index (χ1) is 13.1. The fourth-order valence-electron chi connectivity index (χ4n) is 2.33. The number of carbonyl (C=O) groups is 1. The lowest BCUT2D eigenvalue weighted by molar-refractivity contribution is -0.111. The van der Waals surface area contributed by atoms with Crippen LogP contribution in [0.15, 0.2) is 67.0 Å². The number of anilines is 1. The van der Waals surface area contributed by atoms with Crippen LogP contribution in [-0.2, 0) is 11.3 Å². The van der Waals surface area contributed by atoms with Crippen LogP contribution in [0.5, 0.6) is 5.75 Å². The van der Waals surface area contributed by atoms with E-state index in [0.717, 1.165) is 11.3 Å². The largest absolute Gasteiger partial charge is 0.492 e. The number of amides is 1. The summed E-state index contributed by atoms with van der Waals surface area (Å²) in [5.74, 6) is -0.303. The first kappa shape index (κ1) is 18.7. The molecular weight excluding hydrogens is 369 g/mol. The van der Waals surface area contributed by atoms with Gasteiger partial charge in [-0.15, -0.1) is 0 Å². The van der Waals surface area contributed by atoms with Crippen molar-refractivity contribution in [1.29, 1.82) is 0 Å². The second-order valence-electron chi connectivity index (χ2n) is 5.68. The van der Waals surface area contributed by atoms with Crippen LogP contribution in [0, 0.1) is 5.82 Å². The van der Waals surface area contributed by atoms with E-state index in [0.29, 0.717) is 18.9 Å². The summed E-state index contributed by atoms with van der Waals surface area (Å²) in [6.45, 7) is 0.775. The van der Waals surface area contributed by atoms with Crippen LogP contribution in [0.25, 0.3) is 6.08 Å². The lowest BCUT2D eigenvalue weighted by Crippen LogP contribution is -2.08. The molecule has 27 heavy (non-hydrogen) atoms. The van der Waals surface area contributed by atoms with Crippen LogP contribution in [0.2, 0.25) is 5.02 Å². The van der Waals surface area contributed by atoms with Gasteiger partial charge < -0.3 is 10.1 Å². The van der Waals surface area contributed by atoms with Crippen LogP contribution >= 0.6 is 11.6 Å². The molecule has 1 N–H and O–H groups in total. The number of hydrogen-bond donors (Lipinski definition) is 1. The maximum Gasteiger partial charge on any atom is 0.248 e. The van der Waals surface area contributed by atoms with Crippen molar-refractivity contribution < 1.29 is 13.9 Å². The van der Waals surface area contributed by atoms with Crippen LogP contribution in [0.3, 0.4) is 0 Å². The number of para-hydroxylation sites is 1. The van der Waals surface area contributed by atoms with Gasteiger partial charge in [-0.25, -0.2) is 4.39 Å². The van der Waals surface area contributed by atoms with Gasteiger partial charge in [-0.1, -0.05) is 29.8 Å². The summed E-state index contributed by atoms with van der Waals surface area (Å²) >= 11 is 5.78. The molecule has 0 bridgehead atoms. The highest BCUT2D eigenvalue weighted by Crippen LogP contribution is 2.20. The van der Waals surface area contributed by atoms with Crippen LogP contribution < -0.4 is 10.1 Å². The molecule has 0 atom stereocenters. The topological polar surface area (TPSA) is 56.2 Å². The Morgan fingerprint density at radius 2 is 2.07 bits per heavy atom. The number of rotatable bonds is 7. The van der Waals surface area contributed by atoms with Crippen LogP contribution in [0.1, 0.15) is 5.56 Å². The third-order valence-corrected chi connectivity index (χ3v) is 3.77. The Morgan fingerprint density at radius 1 is 1.26 bits per heavy atom. The van der Waals surface area contributed by atoms with E-state index in [4.69, 9.17) is 16.3 Å². The average molecular weight is 386 g/mol. The minimum absolute atomic E-state index is 0.222. The smallest absolute Gasteiger partial charge is 0.248 e. The van der Waals surface area contributed by atoms with Crippen molar-refractivity contribution in [2.24, 2.45) is 0 Å². The van der Waals surface area contributed by atoms with Crippen molar-refractivity contribution >= 4 is 29.3 Å². The van der Waals surface area contributed by atoms with E-state index in [2.05, 4.69) is 10.4 Å². The van der Waals surface area contributed by atoms with Crippen molar-refractivity contribution in [3.8, 4) is 5.75 Å². The third-order valence-electron chi connectivity index (χ3n) is 3.55. The lowest BCUT2D eigenvalue weighted by atomic mass is 10.3. The Hall–Kier alpha value is -3.12. The highest BCUT2D eigenvalue weighted by Gasteiger charge is 2.02. The van der Waals surface area contributed by atoms with Crippen molar-refractivity contribution in [1.82, 2.24) is 9.78 Å². The standard InChI is InChI=1S/C20H17ClFN3O2/c21-16-10-17(22)12-19(11-16)27-9-8-25-14-15(13-23-25)6-7-20(26)24-18-4-2-1-3-5-18/h1-7,10-14H,8-9H2,(H,24,26). The van der Waals surface area contributed by atoms with Gasteiger partial charge in [0, 0.05) is 34.6 Å². The Bertz CT molecular complexity index is 921. The van der Waals surface area contributed by atoms with E-state index in [1.165, 1.54) is 18.2 Å². The molecule has 0 aliphatic rings. The molecule has 0 unspecified atom stereocenters. The summed E-state index contributed by atoms with van der Waals surface area (Å²) in [4.78, 5) is 11.9. The second kappa shape index (κ2) is 9.00. The fourth-order valence-corrected chi connectivity index (χ4v) is 2.55. The molecule has 138 valence electrons. The zero-order chi connectivity index (χ0) is 19.1. The lowest BCUT2D eigenvalue weighted by Gasteiger charge is -2.06. The van der Waals surface area contributed by atoms with Gasteiger partial charge in [-0.05, 0) is 30.3 Å². The quantitative estimate of drug-likeness (QED) is 0.613. The Balaban J connectivity index is 1.48. The number of nitrogens with one attached hydrogen (secondary N) is 1. The van der Waals surface area contributed by atoms with Gasteiger partial charge in [0.2, 0.25) is 5.91 Å². The van der Waals surface area contributed by atoms with Gasteiger partial charge in [0.05, 0.1) is 12.7 Å². The van der Waals surface area contributed by atoms with E-state index in [1.54, 1.807) is 29.2 Å². The van der Waals surface area contributed by atoms with Gasteiger partial charge in [0.15, 0.2) is 0 Å². The Morgan fingerprint density at radius 3 is 2.85 bits per heavy atom. The summed E-state index contributed by atoms with van der Waals surface area (Å²) in [7, 11) is 0. The number of ether oxygens (including phenoxy) is 1. The molecule has 0 saturated heterocycles. The first-order valence-electron chi connectivity index (χ1n) is 8.24. The van der Waals surface area contributed by atoms with Gasteiger partial charge in [0.25, 0.3) is 0 Å². The third kappa shape index (κ3) is 5.97. The molecule has 0 saturated carbocycles. The zero-order valence-corrected chi connectivity index (χ0v) is 15.1. The molecule has 0 aliphatic carbocycles. The number of hydrogen-bond acceptors (Lipinski definition) is 3. The van der Waals surface area contributed by atoms with Crippen molar-refractivity contribution in [2.75, 3.05) is 11.9 Å². The van der Waals surface area contributed by atoms with E-state index in [1.807, 2.05) is 30.3 Å². The molecule has 0 spiro atoms. The molecule has 1 amide bonds. The fraction of sp³-hybridized carbons (Fsp3) is 0.100. The molecule has 7 heteroatoms. The number of benzene rings is 2. The van der Waals surface area contributed by atoms with E-state index in [9.17, 15) is 9.18 Å². The predicted octanol–water partition coefficient (Wildman–Crippen LogP) is 4.41. The maximum absolute atomic E-state index is 13.2. The first-order valence-corrected chi connectivity index (χ1v) is 8.62. The van der Waals surface area contributed by atoms with E-state index in [-0.39, 0.29) is 10.9 Å². The number of nitrogens with zero attached hydrogens (tertiary/aromatic N) is 2. The molecule has 2 aromatic carbocycles. The summed E-state index contributed by atoms with van der Waals surface area (Å²) in [6, 6.07) is 13.3. The van der Waals surface area contributed by atoms with Gasteiger partial charge in [-0.3, -0.25) is 9.48 Å². The Labute approximate surface area is 161 Å². The maximum atomic E-state index is 13.2. The molecular formula is C20H17ClFN3O2.